The summed E-state index contributed by atoms with van der Waals surface area (Å²) in [7, 11) is 0. The lowest BCUT2D eigenvalue weighted by Crippen LogP contribution is -2.17. The van der Waals surface area contributed by atoms with Crippen molar-refractivity contribution in [2.75, 3.05) is 23.3 Å². The van der Waals surface area contributed by atoms with Gasteiger partial charge in [0.2, 0.25) is 0 Å². The number of aryl methyl sites for hydroxylation is 1. The fourth-order valence-electron chi connectivity index (χ4n) is 2.64. The van der Waals surface area contributed by atoms with Crippen molar-refractivity contribution in [1.82, 2.24) is 14.8 Å². The van der Waals surface area contributed by atoms with Gasteiger partial charge >= 0.3 is 0 Å². The third kappa shape index (κ3) is 2.76. The summed E-state index contributed by atoms with van der Waals surface area (Å²) < 4.78 is 1.91. The minimum absolute atomic E-state index is 0.705. The maximum absolute atomic E-state index is 4.26. The van der Waals surface area contributed by atoms with Crippen LogP contribution in [0.3, 0.4) is 0 Å². The SMILES string of the molecule is CCn1ncnc1CNc1ccc(N2CCCC2)cc1. The molecule has 5 nitrogen and oxygen atoms in total. The highest BCUT2D eigenvalue weighted by Gasteiger charge is 2.11. The van der Waals surface area contributed by atoms with Gasteiger partial charge in [-0.25, -0.2) is 9.67 Å². The molecule has 3 rings (SSSR count). The summed E-state index contributed by atoms with van der Waals surface area (Å²) in [5, 5.41) is 7.57. The van der Waals surface area contributed by atoms with E-state index < -0.39 is 0 Å². The highest BCUT2D eigenvalue weighted by Crippen LogP contribution is 2.22. The van der Waals surface area contributed by atoms with Crippen LogP contribution in [0.1, 0.15) is 25.6 Å². The number of nitrogens with zero attached hydrogens (tertiary/aromatic N) is 4. The van der Waals surface area contributed by atoms with Gasteiger partial charge < -0.3 is 10.2 Å². The molecule has 1 fully saturated rings. The molecule has 0 unspecified atom stereocenters. The van der Waals surface area contributed by atoms with Crippen LogP contribution in [0.15, 0.2) is 30.6 Å². The Morgan fingerprint density at radius 3 is 2.60 bits per heavy atom. The van der Waals surface area contributed by atoms with Crippen molar-refractivity contribution in [2.24, 2.45) is 0 Å². The summed E-state index contributed by atoms with van der Waals surface area (Å²) in [6.45, 7) is 6.00. The summed E-state index contributed by atoms with van der Waals surface area (Å²) in [5.74, 6) is 0.969. The predicted molar refractivity (Wildman–Crippen MR) is 80.9 cm³/mol. The van der Waals surface area contributed by atoms with Crippen molar-refractivity contribution in [3.05, 3.63) is 36.4 Å². The smallest absolute Gasteiger partial charge is 0.146 e. The minimum Gasteiger partial charge on any atom is -0.378 e. The molecule has 20 heavy (non-hydrogen) atoms. The van der Waals surface area contributed by atoms with E-state index in [4.69, 9.17) is 0 Å². The highest BCUT2D eigenvalue weighted by atomic mass is 15.3. The van der Waals surface area contributed by atoms with Gasteiger partial charge in [0.25, 0.3) is 0 Å². The van der Waals surface area contributed by atoms with E-state index in [1.807, 2.05) is 4.68 Å². The molecule has 0 bridgehead atoms. The number of hydrogen-bond acceptors (Lipinski definition) is 4. The quantitative estimate of drug-likeness (QED) is 0.907. The topological polar surface area (TPSA) is 46.0 Å². The molecular formula is C15H21N5. The zero-order chi connectivity index (χ0) is 13.8. The Bertz CT molecular complexity index is 540. The van der Waals surface area contributed by atoms with Crippen LogP contribution in [0, 0.1) is 0 Å². The third-order valence-electron chi connectivity index (χ3n) is 3.78. The van der Waals surface area contributed by atoms with E-state index in [0.29, 0.717) is 6.54 Å². The first kappa shape index (κ1) is 13.0. The Morgan fingerprint density at radius 1 is 1.15 bits per heavy atom. The normalized spacial score (nSPS) is 14.8. The fraction of sp³-hybridized carbons (Fsp3) is 0.467. The second-order valence-electron chi connectivity index (χ2n) is 5.09. The molecule has 2 heterocycles. The molecule has 0 atom stereocenters. The average molecular weight is 271 g/mol. The van der Waals surface area contributed by atoms with Gasteiger partial charge in [0, 0.05) is 31.0 Å². The van der Waals surface area contributed by atoms with Crippen LogP contribution in [0.4, 0.5) is 11.4 Å². The Hall–Kier alpha value is -2.04. The first-order valence-corrected chi connectivity index (χ1v) is 7.32. The van der Waals surface area contributed by atoms with Crippen molar-refractivity contribution >= 4 is 11.4 Å². The molecule has 1 aromatic heterocycles. The largest absolute Gasteiger partial charge is 0.378 e. The zero-order valence-corrected chi connectivity index (χ0v) is 11.9. The molecule has 0 aliphatic carbocycles. The Labute approximate surface area is 119 Å². The van der Waals surface area contributed by atoms with E-state index in [-0.39, 0.29) is 0 Å². The molecule has 0 amide bonds. The van der Waals surface area contributed by atoms with Crippen LogP contribution in [0.2, 0.25) is 0 Å². The van der Waals surface area contributed by atoms with E-state index in [1.54, 1.807) is 6.33 Å². The van der Waals surface area contributed by atoms with Gasteiger partial charge in [0.15, 0.2) is 0 Å². The molecule has 0 spiro atoms. The molecule has 0 saturated carbocycles. The van der Waals surface area contributed by atoms with Crippen LogP contribution in [0.25, 0.3) is 0 Å². The minimum atomic E-state index is 0.705. The van der Waals surface area contributed by atoms with Crippen molar-refractivity contribution < 1.29 is 0 Å². The number of benzene rings is 1. The molecule has 106 valence electrons. The van der Waals surface area contributed by atoms with E-state index in [0.717, 1.165) is 18.1 Å². The average Bonchev–Trinajstić information content (AvgIpc) is 3.16. The lowest BCUT2D eigenvalue weighted by atomic mass is 10.2. The van der Waals surface area contributed by atoms with Gasteiger partial charge in [-0.15, -0.1) is 0 Å². The van der Waals surface area contributed by atoms with Crippen LogP contribution in [-0.4, -0.2) is 27.9 Å². The molecule has 1 aliphatic heterocycles. The van der Waals surface area contributed by atoms with Crippen molar-refractivity contribution in [1.29, 1.82) is 0 Å². The molecule has 1 saturated heterocycles. The van der Waals surface area contributed by atoms with Gasteiger partial charge in [-0.05, 0) is 44.0 Å². The highest BCUT2D eigenvalue weighted by molar-refractivity contribution is 5.55. The molecule has 1 aromatic carbocycles. The Morgan fingerprint density at radius 2 is 1.90 bits per heavy atom. The summed E-state index contributed by atoms with van der Waals surface area (Å²) >= 11 is 0. The first-order valence-electron chi connectivity index (χ1n) is 7.32. The number of hydrogen-bond donors (Lipinski definition) is 1. The second kappa shape index (κ2) is 5.94. The summed E-state index contributed by atoms with van der Waals surface area (Å²) in [4.78, 5) is 6.71. The van der Waals surface area contributed by atoms with E-state index >= 15 is 0 Å². The Kier molecular flexibility index (Phi) is 3.85. The van der Waals surface area contributed by atoms with Gasteiger partial charge in [-0.3, -0.25) is 0 Å². The van der Waals surface area contributed by atoms with Gasteiger partial charge in [0.1, 0.15) is 12.2 Å². The van der Waals surface area contributed by atoms with E-state index in [9.17, 15) is 0 Å². The van der Waals surface area contributed by atoms with Crippen molar-refractivity contribution in [3.8, 4) is 0 Å². The maximum Gasteiger partial charge on any atom is 0.146 e. The molecular weight excluding hydrogens is 250 g/mol. The maximum atomic E-state index is 4.26. The molecule has 0 radical (unpaired) electrons. The zero-order valence-electron chi connectivity index (χ0n) is 11.9. The monoisotopic (exact) mass is 271 g/mol. The van der Waals surface area contributed by atoms with E-state index in [2.05, 4.69) is 51.5 Å². The number of aromatic nitrogens is 3. The molecule has 2 aromatic rings. The van der Waals surface area contributed by atoms with Crippen LogP contribution in [0.5, 0.6) is 0 Å². The predicted octanol–water partition coefficient (Wildman–Crippen LogP) is 2.51. The second-order valence-corrected chi connectivity index (χ2v) is 5.09. The standard InChI is InChI=1S/C15H21N5/c1-2-20-15(17-12-18-20)11-16-13-5-7-14(8-6-13)19-9-3-4-10-19/h5-8,12,16H,2-4,9-11H2,1H3. The molecule has 1 aliphatic rings. The summed E-state index contributed by atoms with van der Waals surface area (Å²) in [6.07, 6.45) is 4.23. The van der Waals surface area contributed by atoms with Gasteiger partial charge in [0.05, 0.1) is 6.54 Å². The van der Waals surface area contributed by atoms with Crippen molar-refractivity contribution in [3.63, 3.8) is 0 Å². The van der Waals surface area contributed by atoms with E-state index in [1.165, 1.54) is 31.6 Å². The lowest BCUT2D eigenvalue weighted by molar-refractivity contribution is 0.622. The van der Waals surface area contributed by atoms with Crippen LogP contribution >= 0.6 is 0 Å². The fourth-order valence-corrected chi connectivity index (χ4v) is 2.64. The summed E-state index contributed by atoms with van der Waals surface area (Å²) in [5.41, 5.74) is 2.45. The number of nitrogens with one attached hydrogen (secondary N) is 1. The molecule has 5 heteroatoms. The number of rotatable bonds is 5. The van der Waals surface area contributed by atoms with Gasteiger partial charge in [-0.2, -0.15) is 5.10 Å². The van der Waals surface area contributed by atoms with Crippen LogP contribution < -0.4 is 10.2 Å². The third-order valence-corrected chi connectivity index (χ3v) is 3.78. The van der Waals surface area contributed by atoms with Crippen LogP contribution in [-0.2, 0) is 13.1 Å². The summed E-state index contributed by atoms with van der Waals surface area (Å²) in [6, 6.07) is 8.66. The molecule has 1 N–H and O–H groups in total. The van der Waals surface area contributed by atoms with Crippen molar-refractivity contribution in [2.45, 2.75) is 32.9 Å². The van der Waals surface area contributed by atoms with Gasteiger partial charge in [-0.1, -0.05) is 0 Å². The first-order chi connectivity index (χ1) is 9.86. The number of anilines is 2. The lowest BCUT2D eigenvalue weighted by Gasteiger charge is -2.18. The Balaban J connectivity index is 1.60.